The number of amides is 2. The van der Waals surface area contributed by atoms with Crippen molar-refractivity contribution in [3.8, 4) is 0 Å². The first-order valence-corrected chi connectivity index (χ1v) is 9.31. The molecule has 0 saturated carbocycles. The topological polar surface area (TPSA) is 104 Å². The molecule has 0 spiro atoms. The molecule has 0 unspecified atom stereocenters. The summed E-state index contributed by atoms with van der Waals surface area (Å²) < 4.78 is 25.2. The number of hydrogen-bond acceptors (Lipinski definition) is 4. The van der Waals surface area contributed by atoms with Crippen LogP contribution < -0.4 is 15.4 Å². The molecular weight excluding hydrogens is 342 g/mol. The van der Waals surface area contributed by atoms with Gasteiger partial charge in [0.1, 0.15) is 0 Å². The highest BCUT2D eigenvalue weighted by Gasteiger charge is 2.14. The first kappa shape index (κ1) is 18.5. The van der Waals surface area contributed by atoms with Crippen LogP contribution in [0.25, 0.3) is 0 Å². The standard InChI is InChI=1S/C17H19N3O4S/c1-11-15(5-4-6-16(11)20-25(3,23)24)17(22)19-14-9-7-13(8-10-14)18-12(2)21/h4-10,20H,1-3H3,(H,18,21)(H,19,22). The molecule has 0 aliphatic rings. The quantitative estimate of drug-likeness (QED) is 0.761. The molecule has 0 heterocycles. The van der Waals surface area contributed by atoms with E-state index >= 15 is 0 Å². The van der Waals surface area contributed by atoms with Gasteiger partial charge in [-0.05, 0) is 48.9 Å². The number of rotatable bonds is 5. The van der Waals surface area contributed by atoms with Gasteiger partial charge in [-0.3, -0.25) is 14.3 Å². The minimum absolute atomic E-state index is 0.178. The van der Waals surface area contributed by atoms with Gasteiger partial charge in [0.2, 0.25) is 15.9 Å². The zero-order chi connectivity index (χ0) is 18.6. The van der Waals surface area contributed by atoms with Crippen molar-refractivity contribution >= 4 is 38.9 Å². The van der Waals surface area contributed by atoms with Gasteiger partial charge >= 0.3 is 0 Å². The summed E-state index contributed by atoms with van der Waals surface area (Å²) in [7, 11) is -3.43. The van der Waals surface area contributed by atoms with Gasteiger partial charge in [0, 0.05) is 23.9 Å². The zero-order valence-corrected chi connectivity index (χ0v) is 14.9. The van der Waals surface area contributed by atoms with Crippen molar-refractivity contribution in [3.05, 3.63) is 53.6 Å². The largest absolute Gasteiger partial charge is 0.326 e. The molecule has 8 heteroatoms. The minimum Gasteiger partial charge on any atom is -0.326 e. The van der Waals surface area contributed by atoms with E-state index < -0.39 is 10.0 Å². The highest BCUT2D eigenvalue weighted by atomic mass is 32.2. The Labute approximate surface area is 146 Å². The van der Waals surface area contributed by atoms with E-state index in [1.165, 1.54) is 6.92 Å². The Balaban J connectivity index is 2.18. The van der Waals surface area contributed by atoms with Crippen LogP contribution >= 0.6 is 0 Å². The fourth-order valence-electron chi connectivity index (χ4n) is 2.23. The highest BCUT2D eigenvalue weighted by Crippen LogP contribution is 2.21. The lowest BCUT2D eigenvalue weighted by Gasteiger charge is -2.12. The fourth-order valence-corrected chi connectivity index (χ4v) is 2.85. The van der Waals surface area contributed by atoms with Gasteiger partial charge in [0.25, 0.3) is 5.91 Å². The van der Waals surface area contributed by atoms with E-state index in [2.05, 4.69) is 15.4 Å². The summed E-state index contributed by atoms with van der Waals surface area (Å²) in [4.78, 5) is 23.5. The molecule has 2 aromatic rings. The molecule has 0 aliphatic heterocycles. The summed E-state index contributed by atoms with van der Waals surface area (Å²) >= 11 is 0. The van der Waals surface area contributed by atoms with Gasteiger partial charge in [-0.2, -0.15) is 0 Å². The van der Waals surface area contributed by atoms with Gasteiger partial charge in [0.05, 0.1) is 11.9 Å². The molecule has 0 aliphatic carbocycles. The van der Waals surface area contributed by atoms with Crippen molar-refractivity contribution < 1.29 is 18.0 Å². The second kappa shape index (κ2) is 7.35. The number of carbonyl (C=O) groups excluding carboxylic acids is 2. The molecule has 7 nitrogen and oxygen atoms in total. The van der Waals surface area contributed by atoms with Crippen LogP contribution in [0.5, 0.6) is 0 Å². The number of benzene rings is 2. The zero-order valence-electron chi connectivity index (χ0n) is 14.1. The van der Waals surface area contributed by atoms with Crippen LogP contribution in [-0.4, -0.2) is 26.5 Å². The number of sulfonamides is 1. The van der Waals surface area contributed by atoms with Crippen molar-refractivity contribution in [2.75, 3.05) is 21.6 Å². The molecule has 132 valence electrons. The summed E-state index contributed by atoms with van der Waals surface area (Å²) in [6, 6.07) is 11.5. The second-order valence-corrected chi connectivity index (χ2v) is 7.31. The van der Waals surface area contributed by atoms with Crippen molar-refractivity contribution in [2.45, 2.75) is 13.8 Å². The lowest BCUT2D eigenvalue weighted by atomic mass is 10.1. The molecule has 0 radical (unpaired) electrons. The normalized spacial score (nSPS) is 10.8. The van der Waals surface area contributed by atoms with Gasteiger partial charge in [-0.1, -0.05) is 6.07 Å². The van der Waals surface area contributed by atoms with Crippen LogP contribution in [0.1, 0.15) is 22.8 Å². The smallest absolute Gasteiger partial charge is 0.256 e. The Hall–Kier alpha value is -2.87. The lowest BCUT2D eigenvalue weighted by Crippen LogP contribution is -2.16. The summed E-state index contributed by atoms with van der Waals surface area (Å²) in [6.07, 6.45) is 1.05. The lowest BCUT2D eigenvalue weighted by molar-refractivity contribution is -0.114. The molecule has 0 atom stereocenters. The maximum atomic E-state index is 12.5. The van der Waals surface area contributed by atoms with E-state index in [0.717, 1.165) is 6.26 Å². The Morgan fingerprint density at radius 2 is 1.48 bits per heavy atom. The Bertz CT molecular complexity index is 906. The number of anilines is 3. The number of carbonyl (C=O) groups is 2. The number of hydrogen-bond donors (Lipinski definition) is 3. The van der Waals surface area contributed by atoms with Crippen LogP contribution in [0.2, 0.25) is 0 Å². The number of nitrogens with one attached hydrogen (secondary N) is 3. The third kappa shape index (κ3) is 5.32. The monoisotopic (exact) mass is 361 g/mol. The summed E-state index contributed by atoms with van der Waals surface area (Å²) in [5, 5.41) is 5.38. The molecule has 2 aromatic carbocycles. The molecular formula is C17H19N3O4S. The van der Waals surface area contributed by atoms with Crippen molar-refractivity contribution in [3.63, 3.8) is 0 Å². The maximum absolute atomic E-state index is 12.5. The van der Waals surface area contributed by atoms with Gasteiger partial charge in [0.15, 0.2) is 0 Å². The first-order chi connectivity index (χ1) is 11.7. The van der Waals surface area contributed by atoms with E-state index in [1.807, 2.05) is 0 Å². The van der Waals surface area contributed by atoms with Crippen LogP contribution in [0.15, 0.2) is 42.5 Å². The highest BCUT2D eigenvalue weighted by molar-refractivity contribution is 7.92. The van der Waals surface area contributed by atoms with Gasteiger partial charge in [-0.15, -0.1) is 0 Å². The molecule has 2 amide bonds. The van der Waals surface area contributed by atoms with Crippen molar-refractivity contribution in [1.29, 1.82) is 0 Å². The van der Waals surface area contributed by atoms with E-state index in [9.17, 15) is 18.0 Å². The van der Waals surface area contributed by atoms with Crippen LogP contribution in [0, 0.1) is 6.92 Å². The predicted octanol–water partition coefficient (Wildman–Crippen LogP) is 2.58. The SMILES string of the molecule is CC(=O)Nc1ccc(NC(=O)c2cccc(NS(C)(=O)=O)c2C)cc1. The predicted molar refractivity (Wildman–Crippen MR) is 98.3 cm³/mol. The Morgan fingerprint density at radius 1 is 0.920 bits per heavy atom. The van der Waals surface area contributed by atoms with Crippen LogP contribution in [-0.2, 0) is 14.8 Å². The van der Waals surface area contributed by atoms with Crippen molar-refractivity contribution in [2.24, 2.45) is 0 Å². The molecule has 25 heavy (non-hydrogen) atoms. The summed E-state index contributed by atoms with van der Waals surface area (Å²) in [6.45, 7) is 3.08. The van der Waals surface area contributed by atoms with Gasteiger partial charge < -0.3 is 10.6 Å². The molecule has 0 aromatic heterocycles. The molecule has 0 bridgehead atoms. The third-order valence-electron chi connectivity index (χ3n) is 3.34. The van der Waals surface area contributed by atoms with E-state index in [0.29, 0.717) is 28.2 Å². The maximum Gasteiger partial charge on any atom is 0.256 e. The third-order valence-corrected chi connectivity index (χ3v) is 3.93. The molecule has 2 rings (SSSR count). The average molecular weight is 361 g/mol. The van der Waals surface area contributed by atoms with Crippen LogP contribution in [0.3, 0.4) is 0 Å². The minimum atomic E-state index is -3.43. The van der Waals surface area contributed by atoms with E-state index in [1.54, 1.807) is 49.4 Å². The fraction of sp³-hybridized carbons (Fsp3) is 0.176. The van der Waals surface area contributed by atoms with Gasteiger partial charge in [-0.25, -0.2) is 8.42 Å². The van der Waals surface area contributed by atoms with Crippen molar-refractivity contribution in [1.82, 2.24) is 0 Å². The average Bonchev–Trinajstić information content (AvgIpc) is 2.49. The summed E-state index contributed by atoms with van der Waals surface area (Å²) in [5.41, 5.74) is 2.43. The Morgan fingerprint density at radius 3 is 2.00 bits per heavy atom. The molecule has 3 N–H and O–H groups in total. The Kier molecular flexibility index (Phi) is 5.43. The first-order valence-electron chi connectivity index (χ1n) is 7.42. The second-order valence-electron chi connectivity index (χ2n) is 5.57. The van der Waals surface area contributed by atoms with E-state index in [4.69, 9.17) is 0 Å². The van der Waals surface area contributed by atoms with E-state index in [-0.39, 0.29) is 11.8 Å². The van der Waals surface area contributed by atoms with Crippen LogP contribution in [0.4, 0.5) is 17.1 Å². The molecule has 0 saturated heterocycles. The molecule has 0 fully saturated rings. The summed E-state index contributed by atoms with van der Waals surface area (Å²) in [5.74, 6) is -0.537.